The Morgan fingerprint density at radius 1 is 0.955 bits per heavy atom. The highest BCUT2D eigenvalue weighted by atomic mass is 32.2. The van der Waals surface area contributed by atoms with Gasteiger partial charge in [-0.1, -0.05) is 17.7 Å². The Hall–Kier alpha value is -2.27. The van der Waals surface area contributed by atoms with E-state index < -0.39 is 10.0 Å². The number of aryl methyl sites for hydroxylation is 3. The third-order valence-electron chi connectivity index (χ3n) is 3.89. The number of benzene rings is 2. The molecule has 0 saturated carbocycles. The van der Waals surface area contributed by atoms with Crippen LogP contribution < -0.4 is 4.72 Å². The van der Waals surface area contributed by atoms with Crippen LogP contribution in [0, 0.1) is 20.8 Å². The van der Waals surface area contributed by atoms with Crippen LogP contribution in [0.4, 0.5) is 5.69 Å². The Morgan fingerprint density at radius 3 is 2.32 bits per heavy atom. The summed E-state index contributed by atoms with van der Waals surface area (Å²) < 4.78 is 27.5. The van der Waals surface area contributed by atoms with Gasteiger partial charge in [0.25, 0.3) is 10.0 Å². The normalized spacial score (nSPS) is 11.8. The van der Waals surface area contributed by atoms with E-state index in [4.69, 9.17) is 0 Å². The molecule has 3 aromatic rings. The van der Waals surface area contributed by atoms with E-state index in [1.54, 1.807) is 30.3 Å². The van der Waals surface area contributed by atoms with Gasteiger partial charge in [-0.2, -0.15) is 0 Å². The molecular formula is C17H18N2O2S. The minimum atomic E-state index is -3.56. The highest BCUT2D eigenvalue weighted by Crippen LogP contribution is 2.26. The Balaban J connectivity index is 1.98. The van der Waals surface area contributed by atoms with E-state index in [0.29, 0.717) is 5.69 Å². The van der Waals surface area contributed by atoms with Crippen LogP contribution >= 0.6 is 0 Å². The molecule has 0 saturated heterocycles. The predicted octanol–water partition coefficient (Wildman–Crippen LogP) is 3.89. The lowest BCUT2D eigenvalue weighted by Crippen LogP contribution is -2.12. The van der Waals surface area contributed by atoms with Gasteiger partial charge in [-0.05, 0) is 56.7 Å². The van der Waals surface area contributed by atoms with E-state index in [9.17, 15) is 8.42 Å². The molecule has 0 amide bonds. The molecule has 0 atom stereocenters. The van der Waals surface area contributed by atoms with E-state index >= 15 is 0 Å². The first-order valence-electron chi connectivity index (χ1n) is 7.05. The summed E-state index contributed by atoms with van der Waals surface area (Å²) in [4.78, 5) is 3.54. The highest BCUT2D eigenvalue weighted by molar-refractivity contribution is 7.92. The Morgan fingerprint density at radius 2 is 1.64 bits per heavy atom. The maximum absolute atomic E-state index is 12.4. The van der Waals surface area contributed by atoms with Gasteiger partial charge >= 0.3 is 0 Å². The van der Waals surface area contributed by atoms with Crippen molar-refractivity contribution in [2.45, 2.75) is 25.7 Å². The molecular weight excluding hydrogens is 296 g/mol. The largest absolute Gasteiger partial charge is 0.358 e. The van der Waals surface area contributed by atoms with Gasteiger partial charge in [-0.15, -0.1) is 0 Å². The third-order valence-corrected chi connectivity index (χ3v) is 5.29. The molecule has 2 N–H and O–H groups in total. The zero-order chi connectivity index (χ0) is 15.9. The summed E-state index contributed by atoms with van der Waals surface area (Å²) >= 11 is 0. The van der Waals surface area contributed by atoms with Crippen molar-refractivity contribution < 1.29 is 8.42 Å². The number of fused-ring (bicyclic) bond motifs is 1. The number of anilines is 1. The summed E-state index contributed by atoms with van der Waals surface area (Å²) in [5.41, 5.74) is 4.82. The average molecular weight is 314 g/mol. The van der Waals surface area contributed by atoms with Crippen LogP contribution in [0.1, 0.15) is 16.8 Å². The SMILES string of the molecule is Cc1ccc(S(=O)(=O)Nc2ccc3[nH]c(C)c(C)c3c2)cc1. The quantitative estimate of drug-likeness (QED) is 0.770. The number of aromatic amines is 1. The first-order valence-corrected chi connectivity index (χ1v) is 8.53. The number of rotatable bonds is 3. The van der Waals surface area contributed by atoms with Gasteiger partial charge in [0.1, 0.15) is 0 Å². The van der Waals surface area contributed by atoms with Crippen LogP contribution in [0.2, 0.25) is 0 Å². The molecule has 0 bridgehead atoms. The fraction of sp³-hybridized carbons (Fsp3) is 0.176. The third kappa shape index (κ3) is 2.60. The zero-order valence-corrected chi connectivity index (χ0v) is 13.6. The number of hydrogen-bond acceptors (Lipinski definition) is 2. The van der Waals surface area contributed by atoms with Crippen LogP contribution in [0.25, 0.3) is 10.9 Å². The number of aromatic nitrogens is 1. The van der Waals surface area contributed by atoms with Crippen LogP contribution in [-0.2, 0) is 10.0 Å². The van der Waals surface area contributed by atoms with E-state index in [1.807, 2.05) is 32.9 Å². The molecule has 1 heterocycles. The summed E-state index contributed by atoms with van der Waals surface area (Å²) in [6.45, 7) is 5.95. The lowest BCUT2D eigenvalue weighted by molar-refractivity contribution is 0.601. The van der Waals surface area contributed by atoms with Crippen molar-refractivity contribution in [3.8, 4) is 0 Å². The molecule has 22 heavy (non-hydrogen) atoms. The lowest BCUT2D eigenvalue weighted by atomic mass is 10.1. The number of hydrogen-bond donors (Lipinski definition) is 2. The van der Waals surface area contributed by atoms with Crippen molar-refractivity contribution in [1.29, 1.82) is 0 Å². The average Bonchev–Trinajstić information content (AvgIpc) is 2.74. The molecule has 0 fully saturated rings. The first kappa shape index (κ1) is 14.7. The van der Waals surface area contributed by atoms with E-state index in [1.165, 1.54) is 0 Å². The second-order valence-corrected chi connectivity index (χ2v) is 7.24. The smallest absolute Gasteiger partial charge is 0.261 e. The zero-order valence-electron chi connectivity index (χ0n) is 12.8. The van der Waals surface area contributed by atoms with Crippen molar-refractivity contribution in [2.75, 3.05) is 4.72 Å². The van der Waals surface area contributed by atoms with Crippen molar-refractivity contribution in [1.82, 2.24) is 4.98 Å². The second kappa shape index (κ2) is 5.18. The van der Waals surface area contributed by atoms with Gasteiger partial charge in [-0.3, -0.25) is 4.72 Å². The van der Waals surface area contributed by atoms with Gasteiger partial charge in [0, 0.05) is 22.3 Å². The molecule has 3 rings (SSSR count). The fourth-order valence-corrected chi connectivity index (χ4v) is 3.51. The predicted molar refractivity (Wildman–Crippen MR) is 89.8 cm³/mol. The van der Waals surface area contributed by atoms with Gasteiger partial charge in [-0.25, -0.2) is 8.42 Å². The molecule has 0 unspecified atom stereocenters. The molecule has 1 aromatic heterocycles. The minimum absolute atomic E-state index is 0.264. The number of nitrogens with one attached hydrogen (secondary N) is 2. The summed E-state index contributed by atoms with van der Waals surface area (Å²) in [6.07, 6.45) is 0. The summed E-state index contributed by atoms with van der Waals surface area (Å²) in [7, 11) is -3.56. The number of H-pyrrole nitrogens is 1. The van der Waals surface area contributed by atoms with Crippen LogP contribution in [-0.4, -0.2) is 13.4 Å². The topological polar surface area (TPSA) is 62.0 Å². The highest BCUT2D eigenvalue weighted by Gasteiger charge is 2.14. The van der Waals surface area contributed by atoms with Crippen molar-refractivity contribution >= 4 is 26.6 Å². The van der Waals surface area contributed by atoms with E-state index in [-0.39, 0.29) is 4.90 Å². The lowest BCUT2D eigenvalue weighted by Gasteiger charge is -2.08. The van der Waals surface area contributed by atoms with Gasteiger partial charge in [0.15, 0.2) is 0 Å². The summed E-state index contributed by atoms with van der Waals surface area (Å²) in [5.74, 6) is 0. The molecule has 0 aliphatic heterocycles. The molecule has 4 nitrogen and oxygen atoms in total. The fourth-order valence-electron chi connectivity index (χ4n) is 2.46. The Kier molecular flexibility index (Phi) is 3.45. The van der Waals surface area contributed by atoms with Crippen LogP contribution in [0.3, 0.4) is 0 Å². The maximum Gasteiger partial charge on any atom is 0.261 e. The molecule has 0 radical (unpaired) electrons. The molecule has 2 aromatic carbocycles. The van der Waals surface area contributed by atoms with Crippen molar-refractivity contribution in [3.05, 3.63) is 59.3 Å². The summed E-state index contributed by atoms with van der Waals surface area (Å²) in [5, 5.41) is 1.03. The van der Waals surface area contributed by atoms with Gasteiger partial charge < -0.3 is 4.98 Å². The van der Waals surface area contributed by atoms with Gasteiger partial charge in [0.2, 0.25) is 0 Å². The standard InChI is InChI=1S/C17H18N2O2S/c1-11-4-7-15(8-5-11)22(20,21)19-14-6-9-17-16(10-14)12(2)13(3)18-17/h4-10,18-19H,1-3H3. The monoisotopic (exact) mass is 314 g/mol. The van der Waals surface area contributed by atoms with Crippen molar-refractivity contribution in [2.24, 2.45) is 0 Å². The van der Waals surface area contributed by atoms with Crippen molar-refractivity contribution in [3.63, 3.8) is 0 Å². The summed E-state index contributed by atoms with van der Waals surface area (Å²) in [6, 6.07) is 12.3. The molecule has 0 aliphatic rings. The van der Waals surface area contributed by atoms with Crippen LogP contribution in [0.5, 0.6) is 0 Å². The maximum atomic E-state index is 12.4. The van der Waals surface area contributed by atoms with E-state index in [2.05, 4.69) is 9.71 Å². The van der Waals surface area contributed by atoms with E-state index in [0.717, 1.165) is 27.7 Å². The first-order chi connectivity index (χ1) is 10.4. The van der Waals surface area contributed by atoms with Crippen LogP contribution in [0.15, 0.2) is 47.4 Å². The Labute approximate surface area is 130 Å². The molecule has 0 spiro atoms. The molecule has 114 valence electrons. The minimum Gasteiger partial charge on any atom is -0.358 e. The molecule has 0 aliphatic carbocycles. The number of sulfonamides is 1. The Bertz CT molecular complexity index is 939. The second-order valence-electron chi connectivity index (χ2n) is 5.55. The van der Waals surface area contributed by atoms with Gasteiger partial charge in [0.05, 0.1) is 4.90 Å². The molecule has 5 heteroatoms.